The van der Waals surface area contributed by atoms with Crippen LogP contribution in [-0.4, -0.2) is 23.9 Å². The third kappa shape index (κ3) is 2.33. The van der Waals surface area contributed by atoms with E-state index >= 15 is 0 Å². The predicted octanol–water partition coefficient (Wildman–Crippen LogP) is -0.115. The molecule has 102 valence electrons. The normalized spacial score (nSPS) is 22.5. The molecule has 2 amide bonds. The molecular weight excluding hydrogens is 244 g/mol. The molecule has 1 fully saturated rings. The minimum Gasteiger partial charge on any atom is -0.399 e. The van der Waals surface area contributed by atoms with E-state index in [1.165, 1.54) is 0 Å². The summed E-state index contributed by atoms with van der Waals surface area (Å²) >= 11 is 0. The molecule has 2 atom stereocenters. The lowest BCUT2D eigenvalue weighted by Crippen LogP contribution is -2.48. The van der Waals surface area contributed by atoms with Crippen molar-refractivity contribution in [2.45, 2.75) is 31.8 Å². The number of nitrogens with two attached hydrogens (primary N) is 3. The van der Waals surface area contributed by atoms with Crippen molar-refractivity contribution in [2.24, 2.45) is 11.5 Å². The number of hydrogen-bond donors (Lipinski definition) is 3. The van der Waals surface area contributed by atoms with Crippen molar-refractivity contribution >= 4 is 23.2 Å². The van der Waals surface area contributed by atoms with Gasteiger partial charge < -0.3 is 22.1 Å². The Morgan fingerprint density at radius 2 is 1.68 bits per heavy atom. The van der Waals surface area contributed by atoms with Gasteiger partial charge in [0.15, 0.2) is 0 Å². The Morgan fingerprint density at radius 1 is 1.16 bits per heavy atom. The van der Waals surface area contributed by atoms with E-state index < -0.39 is 23.9 Å². The van der Waals surface area contributed by atoms with Crippen molar-refractivity contribution in [1.29, 1.82) is 0 Å². The molecule has 1 saturated heterocycles. The molecule has 6 nitrogen and oxygen atoms in total. The van der Waals surface area contributed by atoms with E-state index in [9.17, 15) is 9.59 Å². The summed E-state index contributed by atoms with van der Waals surface area (Å²) in [4.78, 5) is 24.7. The van der Waals surface area contributed by atoms with E-state index in [1.54, 1.807) is 17.0 Å². The van der Waals surface area contributed by atoms with Gasteiger partial charge in [0.05, 0.1) is 0 Å². The molecule has 0 bridgehead atoms. The molecule has 1 aliphatic heterocycles. The summed E-state index contributed by atoms with van der Waals surface area (Å²) in [6, 6.07) is 4.37. The van der Waals surface area contributed by atoms with Crippen LogP contribution in [0.25, 0.3) is 0 Å². The van der Waals surface area contributed by atoms with Gasteiger partial charge in [0.1, 0.15) is 12.1 Å². The number of primary amides is 2. The number of carbonyl (C=O) groups is 2. The standard InChI is InChI=1S/C13H18N4O2/c1-7-6-8(2-3-9(7)14)17-10(12(15)18)4-5-11(17)13(16)19/h2-3,6,10-11H,4-5,14H2,1H3,(H2,15,18)(H2,16,19). The van der Waals surface area contributed by atoms with Crippen LogP contribution in [0.2, 0.25) is 0 Å². The first kappa shape index (κ1) is 13.2. The number of nitrogens with zero attached hydrogens (tertiary/aromatic N) is 1. The molecule has 2 unspecified atom stereocenters. The van der Waals surface area contributed by atoms with E-state index in [4.69, 9.17) is 17.2 Å². The third-order valence-electron chi connectivity index (χ3n) is 3.59. The van der Waals surface area contributed by atoms with Crippen LogP contribution in [0.15, 0.2) is 18.2 Å². The Bertz CT molecular complexity index is 507. The molecular formula is C13H18N4O2. The number of nitrogen functional groups attached to an aromatic ring is 1. The lowest BCUT2D eigenvalue weighted by Gasteiger charge is -2.29. The van der Waals surface area contributed by atoms with Crippen molar-refractivity contribution in [3.05, 3.63) is 23.8 Å². The number of amides is 2. The molecule has 0 saturated carbocycles. The van der Waals surface area contributed by atoms with Crippen LogP contribution in [0.4, 0.5) is 11.4 Å². The van der Waals surface area contributed by atoms with Crippen LogP contribution in [0.3, 0.4) is 0 Å². The maximum absolute atomic E-state index is 11.5. The van der Waals surface area contributed by atoms with Crippen LogP contribution in [0.1, 0.15) is 18.4 Å². The summed E-state index contributed by atoms with van der Waals surface area (Å²) in [6.07, 6.45) is 1.07. The van der Waals surface area contributed by atoms with Gasteiger partial charge >= 0.3 is 0 Å². The highest BCUT2D eigenvalue weighted by Crippen LogP contribution is 2.32. The summed E-state index contributed by atoms with van der Waals surface area (Å²) in [6.45, 7) is 1.87. The minimum absolute atomic E-state index is 0.446. The van der Waals surface area contributed by atoms with Gasteiger partial charge in [-0.05, 0) is 43.5 Å². The highest BCUT2D eigenvalue weighted by atomic mass is 16.2. The Balaban J connectivity index is 2.43. The van der Waals surface area contributed by atoms with E-state index in [-0.39, 0.29) is 0 Å². The first-order chi connectivity index (χ1) is 8.91. The second kappa shape index (κ2) is 4.79. The quantitative estimate of drug-likeness (QED) is 0.659. The van der Waals surface area contributed by atoms with E-state index in [0.717, 1.165) is 11.3 Å². The number of rotatable bonds is 3. The largest absolute Gasteiger partial charge is 0.399 e. The molecule has 1 aromatic carbocycles. The molecule has 0 radical (unpaired) electrons. The molecule has 1 aliphatic rings. The smallest absolute Gasteiger partial charge is 0.240 e. The third-order valence-corrected chi connectivity index (χ3v) is 3.59. The summed E-state index contributed by atoms with van der Waals surface area (Å²) < 4.78 is 0. The van der Waals surface area contributed by atoms with Gasteiger partial charge in [-0.25, -0.2) is 0 Å². The predicted molar refractivity (Wildman–Crippen MR) is 73.3 cm³/mol. The Labute approximate surface area is 111 Å². The molecule has 0 aliphatic carbocycles. The summed E-state index contributed by atoms with van der Waals surface area (Å²) in [5.74, 6) is -0.892. The molecule has 0 spiro atoms. The fourth-order valence-corrected chi connectivity index (χ4v) is 2.55. The van der Waals surface area contributed by atoms with Crippen LogP contribution >= 0.6 is 0 Å². The second-order valence-corrected chi connectivity index (χ2v) is 4.86. The average Bonchev–Trinajstić information content (AvgIpc) is 2.77. The number of aryl methyl sites for hydroxylation is 1. The topological polar surface area (TPSA) is 115 Å². The van der Waals surface area contributed by atoms with Crippen molar-refractivity contribution in [3.8, 4) is 0 Å². The maximum Gasteiger partial charge on any atom is 0.240 e. The molecule has 6 N–H and O–H groups in total. The lowest BCUT2D eigenvalue weighted by atomic mass is 10.1. The number of carbonyl (C=O) groups excluding carboxylic acids is 2. The van der Waals surface area contributed by atoms with Crippen LogP contribution in [-0.2, 0) is 9.59 Å². The van der Waals surface area contributed by atoms with Gasteiger partial charge in [-0.1, -0.05) is 0 Å². The van der Waals surface area contributed by atoms with Crippen LogP contribution in [0.5, 0.6) is 0 Å². The zero-order valence-electron chi connectivity index (χ0n) is 10.8. The molecule has 19 heavy (non-hydrogen) atoms. The summed E-state index contributed by atoms with van der Waals surface area (Å²) in [7, 11) is 0. The number of anilines is 2. The minimum atomic E-state index is -0.500. The van der Waals surface area contributed by atoms with E-state index in [2.05, 4.69) is 0 Å². The summed E-state index contributed by atoms with van der Waals surface area (Å²) in [5.41, 5.74) is 18.9. The fourth-order valence-electron chi connectivity index (χ4n) is 2.55. The fraction of sp³-hybridized carbons (Fsp3) is 0.385. The first-order valence-electron chi connectivity index (χ1n) is 6.15. The van der Waals surface area contributed by atoms with Crippen molar-refractivity contribution < 1.29 is 9.59 Å². The van der Waals surface area contributed by atoms with E-state index in [0.29, 0.717) is 18.5 Å². The van der Waals surface area contributed by atoms with Gasteiger partial charge in [0, 0.05) is 11.4 Å². The Hall–Kier alpha value is -2.24. The van der Waals surface area contributed by atoms with E-state index in [1.807, 2.05) is 13.0 Å². The zero-order valence-corrected chi connectivity index (χ0v) is 10.8. The van der Waals surface area contributed by atoms with Gasteiger partial charge in [0.2, 0.25) is 11.8 Å². The SMILES string of the molecule is Cc1cc(N2C(C(N)=O)CCC2C(N)=O)ccc1N. The zero-order chi connectivity index (χ0) is 14.2. The first-order valence-corrected chi connectivity index (χ1v) is 6.15. The number of benzene rings is 1. The van der Waals surface area contributed by atoms with Crippen molar-refractivity contribution in [1.82, 2.24) is 0 Å². The monoisotopic (exact) mass is 262 g/mol. The second-order valence-electron chi connectivity index (χ2n) is 4.86. The molecule has 0 aromatic heterocycles. The molecule has 1 heterocycles. The van der Waals surface area contributed by atoms with Gasteiger partial charge in [0.25, 0.3) is 0 Å². The highest BCUT2D eigenvalue weighted by molar-refractivity contribution is 5.91. The molecule has 1 aromatic rings. The van der Waals surface area contributed by atoms with Crippen LogP contribution < -0.4 is 22.1 Å². The average molecular weight is 262 g/mol. The van der Waals surface area contributed by atoms with Crippen LogP contribution in [0, 0.1) is 6.92 Å². The van der Waals surface area contributed by atoms with Gasteiger partial charge in [-0.15, -0.1) is 0 Å². The van der Waals surface area contributed by atoms with Gasteiger partial charge in [-0.3, -0.25) is 9.59 Å². The molecule has 2 rings (SSSR count). The lowest BCUT2D eigenvalue weighted by molar-refractivity contribution is -0.119. The maximum atomic E-state index is 11.5. The Morgan fingerprint density at radius 3 is 2.11 bits per heavy atom. The highest BCUT2D eigenvalue weighted by Gasteiger charge is 2.39. The summed E-state index contributed by atoms with van der Waals surface area (Å²) in [5, 5.41) is 0. The number of hydrogen-bond acceptors (Lipinski definition) is 4. The van der Waals surface area contributed by atoms with Crippen molar-refractivity contribution in [3.63, 3.8) is 0 Å². The van der Waals surface area contributed by atoms with Gasteiger partial charge in [-0.2, -0.15) is 0 Å². The van der Waals surface area contributed by atoms with Crippen molar-refractivity contribution in [2.75, 3.05) is 10.6 Å². The Kier molecular flexibility index (Phi) is 3.33. The molecule has 6 heteroatoms.